The lowest BCUT2D eigenvalue weighted by Gasteiger charge is -2.24. The molecule has 0 saturated carbocycles. The zero-order chi connectivity index (χ0) is 24.3. The number of carboxylic acids is 1. The molecule has 2 N–H and O–H groups in total. The molecule has 0 fully saturated rings. The van der Waals surface area contributed by atoms with Gasteiger partial charge in [0, 0.05) is 21.9 Å². The monoisotopic (exact) mass is 473 g/mol. The van der Waals surface area contributed by atoms with Crippen LogP contribution in [0, 0.1) is 11.8 Å². The molecule has 0 aliphatic carbocycles. The Kier molecular flexibility index (Phi) is 6.23. The van der Waals surface area contributed by atoms with Crippen molar-refractivity contribution < 1.29 is 27.6 Å². The summed E-state index contributed by atoms with van der Waals surface area (Å²) in [6.45, 7) is 0. The topological polar surface area (TPSA) is 104 Å². The average Bonchev–Trinajstić information content (AvgIpc) is 2.83. The molecule has 0 aromatic heterocycles. The number of ether oxygens (including phenoxy) is 1. The van der Waals surface area contributed by atoms with E-state index in [1.54, 1.807) is 66.7 Å². The first-order valence-corrected chi connectivity index (χ1v) is 11.5. The molecule has 4 aromatic carbocycles. The molecule has 34 heavy (non-hydrogen) atoms. The van der Waals surface area contributed by atoms with Crippen molar-refractivity contribution in [2.45, 2.75) is 0 Å². The Bertz CT molecular complexity index is 1550. The zero-order valence-electron chi connectivity index (χ0n) is 18.0. The van der Waals surface area contributed by atoms with Gasteiger partial charge in [0.2, 0.25) is 0 Å². The van der Waals surface area contributed by atoms with Crippen molar-refractivity contribution >= 4 is 38.4 Å². The van der Waals surface area contributed by atoms with Crippen molar-refractivity contribution in [2.75, 3.05) is 11.4 Å². The lowest BCUT2D eigenvalue weighted by atomic mass is 10.1. The third-order valence-electron chi connectivity index (χ3n) is 5.13. The summed E-state index contributed by atoms with van der Waals surface area (Å²) in [6, 6.07) is 22.8. The number of aromatic carboxylic acids is 1. The van der Waals surface area contributed by atoms with Crippen LogP contribution in [-0.4, -0.2) is 31.2 Å². The summed E-state index contributed by atoms with van der Waals surface area (Å²) in [5.74, 6) is 5.37. The zero-order valence-corrected chi connectivity index (χ0v) is 18.8. The van der Waals surface area contributed by atoms with E-state index >= 15 is 0 Å². The first kappa shape index (κ1) is 22.9. The summed E-state index contributed by atoms with van der Waals surface area (Å²) < 4.78 is 41.7. The number of nitrogens with zero attached hydrogens (tertiary/aromatic N) is 1. The number of para-hydroxylation sites is 1. The van der Waals surface area contributed by atoms with Crippen LogP contribution >= 0.6 is 0 Å². The van der Waals surface area contributed by atoms with E-state index < -0.39 is 16.3 Å². The third kappa shape index (κ3) is 4.57. The summed E-state index contributed by atoms with van der Waals surface area (Å²) in [5, 5.41) is 10.3. The van der Waals surface area contributed by atoms with E-state index in [1.165, 1.54) is 19.2 Å². The third-order valence-corrected chi connectivity index (χ3v) is 5.98. The Morgan fingerprint density at radius 1 is 0.824 bits per heavy atom. The van der Waals surface area contributed by atoms with Gasteiger partial charge in [-0.2, -0.15) is 8.42 Å². The average molecular weight is 474 g/mol. The fourth-order valence-corrected chi connectivity index (χ4v) is 4.40. The Balaban J connectivity index is 1.87. The molecule has 0 amide bonds. The second kappa shape index (κ2) is 9.27. The molecule has 0 unspecified atom stereocenters. The largest absolute Gasteiger partial charge is 0.496 e. The summed E-state index contributed by atoms with van der Waals surface area (Å²) in [6.07, 6.45) is 0. The van der Waals surface area contributed by atoms with Crippen LogP contribution in [0.2, 0.25) is 0 Å². The van der Waals surface area contributed by atoms with Crippen molar-refractivity contribution in [3.05, 3.63) is 102 Å². The van der Waals surface area contributed by atoms with Crippen LogP contribution in [0.1, 0.15) is 21.5 Å². The SMILES string of the molecule is COc1ccc(N(c2ccccc2C#Cc2ccc(C(=O)O)cc2)S(=O)(=O)O)c2ccccc12. The highest BCUT2D eigenvalue weighted by molar-refractivity contribution is 7.87. The van der Waals surface area contributed by atoms with Gasteiger partial charge in [0.05, 0.1) is 24.0 Å². The van der Waals surface area contributed by atoms with Crippen LogP contribution in [0.25, 0.3) is 10.8 Å². The fraction of sp³-hybridized carbons (Fsp3) is 0.0385. The number of rotatable bonds is 5. The maximum Gasteiger partial charge on any atom is 0.364 e. The van der Waals surface area contributed by atoms with E-state index in [-0.39, 0.29) is 16.9 Å². The number of carboxylic acid groups (broad SMARTS) is 1. The van der Waals surface area contributed by atoms with Crippen molar-refractivity contribution in [2.24, 2.45) is 0 Å². The highest BCUT2D eigenvalue weighted by Gasteiger charge is 2.26. The van der Waals surface area contributed by atoms with E-state index in [4.69, 9.17) is 9.84 Å². The molecule has 0 aliphatic rings. The molecule has 0 bridgehead atoms. The second-order valence-corrected chi connectivity index (χ2v) is 8.49. The van der Waals surface area contributed by atoms with Crippen LogP contribution in [0.4, 0.5) is 11.4 Å². The van der Waals surface area contributed by atoms with E-state index in [1.807, 2.05) is 6.07 Å². The summed E-state index contributed by atoms with van der Waals surface area (Å²) in [7, 11) is -3.22. The van der Waals surface area contributed by atoms with Gasteiger partial charge in [-0.05, 0) is 48.5 Å². The molecule has 0 spiro atoms. The molecule has 170 valence electrons. The van der Waals surface area contributed by atoms with Crippen LogP contribution in [0.5, 0.6) is 5.75 Å². The highest BCUT2D eigenvalue weighted by atomic mass is 32.2. The van der Waals surface area contributed by atoms with Crippen LogP contribution < -0.4 is 9.04 Å². The van der Waals surface area contributed by atoms with Gasteiger partial charge in [-0.3, -0.25) is 4.55 Å². The number of fused-ring (bicyclic) bond motifs is 1. The molecule has 0 saturated heterocycles. The molecule has 0 heterocycles. The van der Waals surface area contributed by atoms with Crippen molar-refractivity contribution in [1.82, 2.24) is 0 Å². The number of hydrogen-bond donors (Lipinski definition) is 2. The van der Waals surface area contributed by atoms with Crippen molar-refractivity contribution in [3.63, 3.8) is 0 Å². The fourth-order valence-electron chi connectivity index (χ4n) is 3.58. The van der Waals surface area contributed by atoms with E-state index in [9.17, 15) is 17.8 Å². The van der Waals surface area contributed by atoms with Gasteiger partial charge in [0.15, 0.2) is 0 Å². The highest BCUT2D eigenvalue weighted by Crippen LogP contribution is 2.39. The number of carbonyl (C=O) groups is 1. The standard InChI is InChI=1S/C26H19NO6S/c1-33-25-17-16-24(21-7-3-4-8-22(21)25)27(34(30,31)32)23-9-5-2-6-19(23)13-10-18-11-14-20(15-12-18)26(28)29/h2-9,11-12,14-17H,1H3,(H,28,29)(H,30,31,32). The molecular formula is C26H19NO6S. The number of hydrogen-bond acceptors (Lipinski definition) is 4. The molecular weight excluding hydrogens is 454 g/mol. The molecule has 0 radical (unpaired) electrons. The molecule has 4 rings (SSSR count). The molecule has 0 atom stereocenters. The molecule has 4 aromatic rings. The van der Waals surface area contributed by atoms with Gasteiger partial charge in [-0.25, -0.2) is 9.10 Å². The van der Waals surface area contributed by atoms with Gasteiger partial charge in [-0.1, -0.05) is 48.2 Å². The first-order chi connectivity index (χ1) is 16.3. The molecule has 8 heteroatoms. The number of benzene rings is 4. The Morgan fingerprint density at radius 3 is 2.12 bits per heavy atom. The molecule has 0 aliphatic heterocycles. The van der Waals surface area contributed by atoms with E-state index in [2.05, 4.69) is 11.8 Å². The number of methoxy groups -OCH3 is 1. The van der Waals surface area contributed by atoms with Crippen LogP contribution in [0.15, 0.2) is 84.9 Å². The lowest BCUT2D eigenvalue weighted by Crippen LogP contribution is -2.26. The predicted octanol–water partition coefficient (Wildman–Crippen LogP) is 4.89. The summed E-state index contributed by atoms with van der Waals surface area (Å²) in [5.41, 5.74) is 1.43. The van der Waals surface area contributed by atoms with Crippen LogP contribution in [-0.2, 0) is 10.3 Å². The van der Waals surface area contributed by atoms with Crippen LogP contribution in [0.3, 0.4) is 0 Å². The lowest BCUT2D eigenvalue weighted by molar-refractivity contribution is 0.0697. The normalized spacial score (nSPS) is 10.9. The number of anilines is 2. The minimum absolute atomic E-state index is 0.134. The van der Waals surface area contributed by atoms with Crippen molar-refractivity contribution in [1.29, 1.82) is 0 Å². The van der Waals surface area contributed by atoms with Gasteiger partial charge in [-0.15, -0.1) is 0 Å². The van der Waals surface area contributed by atoms with Gasteiger partial charge >= 0.3 is 16.3 Å². The minimum atomic E-state index is -4.74. The summed E-state index contributed by atoms with van der Waals surface area (Å²) in [4.78, 5) is 11.0. The first-order valence-electron chi connectivity index (χ1n) is 10.1. The Hall–Kier alpha value is -4.32. The van der Waals surface area contributed by atoms with Gasteiger partial charge in [0.1, 0.15) is 5.75 Å². The second-order valence-electron chi connectivity index (χ2n) is 7.22. The predicted molar refractivity (Wildman–Crippen MR) is 130 cm³/mol. The Morgan fingerprint density at radius 2 is 1.47 bits per heavy atom. The molecule has 7 nitrogen and oxygen atoms in total. The minimum Gasteiger partial charge on any atom is -0.496 e. The maximum absolute atomic E-state index is 12.6. The van der Waals surface area contributed by atoms with E-state index in [0.717, 1.165) is 4.31 Å². The van der Waals surface area contributed by atoms with Gasteiger partial charge in [0.25, 0.3) is 0 Å². The maximum atomic E-state index is 12.6. The quantitative estimate of drug-likeness (QED) is 0.316. The summed E-state index contributed by atoms with van der Waals surface area (Å²) >= 11 is 0. The smallest absolute Gasteiger partial charge is 0.364 e. The van der Waals surface area contributed by atoms with E-state index in [0.29, 0.717) is 27.6 Å². The van der Waals surface area contributed by atoms with Gasteiger partial charge < -0.3 is 9.84 Å². The Labute approximate surface area is 196 Å². The van der Waals surface area contributed by atoms with Crippen molar-refractivity contribution in [3.8, 4) is 17.6 Å².